The van der Waals surface area contributed by atoms with Gasteiger partial charge in [-0.2, -0.15) is 0 Å². The van der Waals surface area contributed by atoms with Gasteiger partial charge in [-0.3, -0.25) is 0 Å². The van der Waals surface area contributed by atoms with E-state index in [9.17, 15) is 0 Å². The molecule has 1 N–H and O–H groups in total. The van der Waals surface area contributed by atoms with E-state index in [0.717, 1.165) is 31.9 Å². The van der Waals surface area contributed by atoms with Gasteiger partial charge in [-0.1, -0.05) is 0 Å². The first kappa shape index (κ1) is 10.2. The molecule has 0 aliphatic carbocycles. The van der Waals surface area contributed by atoms with Gasteiger partial charge in [0.05, 0.1) is 0 Å². The molecule has 0 amide bonds. The number of nitrogens with one attached hydrogen (secondary N) is 1. The molecule has 86 valence electrons. The van der Waals surface area contributed by atoms with Gasteiger partial charge >= 0.3 is 0 Å². The predicted octanol–water partition coefficient (Wildman–Crippen LogP) is 0.541. The smallest absolute Gasteiger partial charge is 0.132 e. The van der Waals surface area contributed by atoms with Crippen LogP contribution in [0.15, 0.2) is 6.20 Å². The van der Waals surface area contributed by atoms with E-state index in [-0.39, 0.29) is 0 Å². The summed E-state index contributed by atoms with van der Waals surface area (Å²) in [6.45, 7) is 4.26. The maximum absolute atomic E-state index is 4.75. The van der Waals surface area contributed by atoms with Gasteiger partial charge in [0.1, 0.15) is 5.82 Å². The van der Waals surface area contributed by atoms with Crippen LogP contribution in [0.2, 0.25) is 0 Å². The van der Waals surface area contributed by atoms with Gasteiger partial charge in [0.15, 0.2) is 0 Å². The first-order chi connectivity index (χ1) is 7.83. The van der Waals surface area contributed by atoms with E-state index in [1.165, 1.54) is 24.2 Å². The van der Waals surface area contributed by atoms with Crippen LogP contribution in [0, 0.1) is 0 Å². The minimum atomic E-state index is 0.546. The molecule has 0 bridgehead atoms. The molecule has 0 saturated carbocycles. The number of likely N-dealkylation sites (tertiary alicyclic amines) is 1. The third-order valence-corrected chi connectivity index (χ3v) is 3.58. The van der Waals surface area contributed by atoms with Gasteiger partial charge in [0, 0.05) is 49.4 Å². The van der Waals surface area contributed by atoms with E-state index >= 15 is 0 Å². The molecule has 4 nitrogen and oxygen atoms in total. The minimum Gasteiger partial charge on any atom is -0.312 e. The average Bonchev–Trinajstić information content (AvgIpc) is 2.75. The third-order valence-electron chi connectivity index (χ3n) is 3.58. The second kappa shape index (κ2) is 4.11. The van der Waals surface area contributed by atoms with Crippen LogP contribution in [-0.4, -0.2) is 41.5 Å². The maximum atomic E-state index is 4.75. The largest absolute Gasteiger partial charge is 0.312 e. The summed E-state index contributed by atoms with van der Waals surface area (Å²) in [5, 5.41) is 3.35. The highest BCUT2D eigenvalue weighted by Gasteiger charge is 2.24. The summed E-state index contributed by atoms with van der Waals surface area (Å²) < 4.78 is 0. The van der Waals surface area contributed by atoms with Crippen molar-refractivity contribution >= 4 is 0 Å². The maximum Gasteiger partial charge on any atom is 0.132 e. The summed E-state index contributed by atoms with van der Waals surface area (Å²) in [6.07, 6.45) is 4.27. The number of likely N-dealkylation sites (N-methyl/N-ethyl adjacent to an activating group) is 1. The van der Waals surface area contributed by atoms with Gasteiger partial charge in [-0.05, 0) is 20.0 Å². The van der Waals surface area contributed by atoms with Crippen LogP contribution in [0.5, 0.6) is 0 Å². The molecular weight excluding hydrogens is 200 g/mol. The fourth-order valence-corrected chi connectivity index (χ4v) is 2.59. The molecule has 1 fully saturated rings. The molecule has 16 heavy (non-hydrogen) atoms. The molecule has 0 aromatic carbocycles. The Morgan fingerprint density at radius 3 is 3.25 bits per heavy atom. The van der Waals surface area contributed by atoms with Crippen LogP contribution in [0.4, 0.5) is 0 Å². The molecule has 1 unspecified atom stereocenters. The molecule has 0 radical (unpaired) electrons. The average molecular weight is 218 g/mol. The molecule has 2 aliphatic heterocycles. The SMILES string of the molecule is CN1CCC(c2ncc3c(n2)CCNC3)C1. The van der Waals surface area contributed by atoms with E-state index in [2.05, 4.69) is 22.2 Å². The van der Waals surface area contributed by atoms with Gasteiger partial charge in [-0.15, -0.1) is 0 Å². The summed E-state index contributed by atoms with van der Waals surface area (Å²) in [6, 6.07) is 0. The van der Waals surface area contributed by atoms with Gasteiger partial charge in [0.25, 0.3) is 0 Å². The molecule has 0 spiro atoms. The van der Waals surface area contributed by atoms with Crippen molar-refractivity contribution < 1.29 is 0 Å². The summed E-state index contributed by atoms with van der Waals surface area (Å²) in [5.74, 6) is 1.61. The Kier molecular flexibility index (Phi) is 2.61. The fourth-order valence-electron chi connectivity index (χ4n) is 2.59. The fraction of sp³-hybridized carbons (Fsp3) is 0.667. The topological polar surface area (TPSA) is 41.1 Å². The van der Waals surface area contributed by atoms with Crippen LogP contribution < -0.4 is 5.32 Å². The molecule has 1 saturated heterocycles. The van der Waals surface area contributed by atoms with Crippen LogP contribution in [-0.2, 0) is 13.0 Å². The zero-order valence-corrected chi connectivity index (χ0v) is 9.74. The summed E-state index contributed by atoms with van der Waals surface area (Å²) in [5.41, 5.74) is 2.54. The molecule has 1 aromatic rings. The number of rotatable bonds is 1. The lowest BCUT2D eigenvalue weighted by Gasteiger charge is -2.17. The Morgan fingerprint density at radius 1 is 1.50 bits per heavy atom. The van der Waals surface area contributed by atoms with Crippen molar-refractivity contribution in [3.05, 3.63) is 23.3 Å². The Hall–Kier alpha value is -1.00. The van der Waals surface area contributed by atoms with Gasteiger partial charge in [-0.25, -0.2) is 9.97 Å². The van der Waals surface area contributed by atoms with E-state index in [0.29, 0.717) is 5.92 Å². The number of fused-ring (bicyclic) bond motifs is 1. The molecular formula is C12H18N4. The van der Waals surface area contributed by atoms with Crippen molar-refractivity contribution in [2.24, 2.45) is 0 Å². The second-order valence-corrected chi connectivity index (χ2v) is 4.87. The molecule has 4 heteroatoms. The highest BCUT2D eigenvalue weighted by Crippen LogP contribution is 2.24. The molecule has 1 aromatic heterocycles. The highest BCUT2D eigenvalue weighted by molar-refractivity contribution is 5.21. The first-order valence-electron chi connectivity index (χ1n) is 6.07. The highest BCUT2D eigenvalue weighted by atomic mass is 15.1. The number of hydrogen-bond donors (Lipinski definition) is 1. The Balaban J connectivity index is 1.85. The van der Waals surface area contributed by atoms with Crippen molar-refractivity contribution in [1.82, 2.24) is 20.2 Å². The molecule has 3 rings (SSSR count). The molecule has 2 aliphatic rings. The van der Waals surface area contributed by atoms with Crippen LogP contribution in [0.1, 0.15) is 29.4 Å². The predicted molar refractivity (Wildman–Crippen MR) is 62.3 cm³/mol. The Bertz CT molecular complexity index is 391. The van der Waals surface area contributed by atoms with Gasteiger partial charge in [0.2, 0.25) is 0 Å². The van der Waals surface area contributed by atoms with Crippen molar-refractivity contribution in [3.8, 4) is 0 Å². The van der Waals surface area contributed by atoms with Crippen LogP contribution >= 0.6 is 0 Å². The van der Waals surface area contributed by atoms with Crippen LogP contribution in [0.25, 0.3) is 0 Å². The summed E-state index contributed by atoms with van der Waals surface area (Å²) in [7, 11) is 2.17. The van der Waals surface area contributed by atoms with E-state index in [1.54, 1.807) is 0 Å². The normalized spacial score (nSPS) is 25.7. The second-order valence-electron chi connectivity index (χ2n) is 4.87. The Morgan fingerprint density at radius 2 is 2.44 bits per heavy atom. The van der Waals surface area contributed by atoms with Crippen molar-refractivity contribution in [1.29, 1.82) is 0 Å². The number of nitrogens with zero attached hydrogens (tertiary/aromatic N) is 3. The van der Waals surface area contributed by atoms with Crippen molar-refractivity contribution in [2.75, 3.05) is 26.7 Å². The zero-order chi connectivity index (χ0) is 11.0. The van der Waals surface area contributed by atoms with Crippen molar-refractivity contribution in [2.45, 2.75) is 25.3 Å². The van der Waals surface area contributed by atoms with E-state index < -0.39 is 0 Å². The standard InChI is InChI=1S/C12H18N4/c1-16-5-3-9(8-16)12-14-7-10-6-13-4-2-11(10)15-12/h7,9,13H,2-6,8H2,1H3. The number of aromatic nitrogens is 2. The monoisotopic (exact) mass is 218 g/mol. The lowest BCUT2D eigenvalue weighted by atomic mass is 10.1. The van der Waals surface area contributed by atoms with Crippen molar-refractivity contribution in [3.63, 3.8) is 0 Å². The lowest BCUT2D eigenvalue weighted by molar-refractivity contribution is 0.409. The quantitative estimate of drug-likeness (QED) is 0.747. The van der Waals surface area contributed by atoms with E-state index in [1.807, 2.05) is 6.20 Å². The Labute approximate surface area is 96.1 Å². The lowest BCUT2D eigenvalue weighted by Crippen LogP contribution is -2.25. The number of hydrogen-bond acceptors (Lipinski definition) is 4. The summed E-state index contributed by atoms with van der Waals surface area (Å²) >= 11 is 0. The van der Waals surface area contributed by atoms with Crippen LogP contribution in [0.3, 0.4) is 0 Å². The molecule has 1 atom stereocenters. The van der Waals surface area contributed by atoms with E-state index in [4.69, 9.17) is 4.98 Å². The summed E-state index contributed by atoms with van der Waals surface area (Å²) in [4.78, 5) is 11.6. The minimum absolute atomic E-state index is 0.546. The zero-order valence-electron chi connectivity index (χ0n) is 9.74. The first-order valence-corrected chi connectivity index (χ1v) is 6.07. The molecule has 3 heterocycles. The third kappa shape index (κ3) is 1.83. The van der Waals surface area contributed by atoms with Gasteiger partial charge < -0.3 is 10.2 Å².